The minimum Gasteiger partial charge on any atom is -0.404 e. The molecule has 0 fully saturated rings. The van der Waals surface area contributed by atoms with E-state index in [9.17, 15) is 4.79 Å². The van der Waals surface area contributed by atoms with Crippen molar-refractivity contribution in [3.63, 3.8) is 0 Å². The Kier molecular flexibility index (Phi) is 4.70. The third kappa shape index (κ3) is 3.19. The van der Waals surface area contributed by atoms with Crippen molar-refractivity contribution in [1.29, 1.82) is 0 Å². The van der Waals surface area contributed by atoms with E-state index in [1.807, 2.05) is 67.7 Å². The van der Waals surface area contributed by atoms with Crippen molar-refractivity contribution in [2.45, 2.75) is 13.0 Å². The Hall–Kier alpha value is -3.27. The van der Waals surface area contributed by atoms with Crippen LogP contribution in [0.4, 0.5) is 0 Å². The molecule has 4 nitrogen and oxygen atoms in total. The fraction of sp³-hybridized carbons (Fsp3) is 0.0952. The minimum absolute atomic E-state index is 0.0261. The second-order valence-corrected chi connectivity index (χ2v) is 5.82. The summed E-state index contributed by atoms with van der Waals surface area (Å²) in [4.78, 5) is 12.8. The number of aromatic nitrogens is 2. The zero-order valence-corrected chi connectivity index (χ0v) is 14.2. The van der Waals surface area contributed by atoms with Crippen LogP contribution in [-0.2, 0) is 0 Å². The van der Waals surface area contributed by atoms with E-state index in [0.717, 1.165) is 22.4 Å². The van der Waals surface area contributed by atoms with Gasteiger partial charge in [0.15, 0.2) is 0 Å². The zero-order valence-electron chi connectivity index (χ0n) is 14.2. The molecule has 0 bridgehead atoms. The maximum absolute atomic E-state index is 12.8. The molecule has 0 aliphatic heterocycles. The number of nitrogens with two attached hydrogens (primary N) is 1. The molecule has 4 heteroatoms. The SMILES string of the molecule is C=C/C(=C\N)c1ccc(-n2ccn(C(C)c3ccccc3)c2=O)cc1. The Morgan fingerprint density at radius 2 is 1.76 bits per heavy atom. The van der Waals surface area contributed by atoms with Gasteiger partial charge in [0.1, 0.15) is 0 Å². The molecule has 0 spiro atoms. The summed E-state index contributed by atoms with van der Waals surface area (Å²) in [5.74, 6) is 0. The van der Waals surface area contributed by atoms with Crippen LogP contribution < -0.4 is 11.4 Å². The summed E-state index contributed by atoms with van der Waals surface area (Å²) in [5.41, 5.74) is 9.25. The summed E-state index contributed by atoms with van der Waals surface area (Å²) in [5, 5.41) is 0. The number of imidazole rings is 1. The summed E-state index contributed by atoms with van der Waals surface area (Å²) < 4.78 is 3.38. The predicted octanol–water partition coefficient (Wildman–Crippen LogP) is 3.73. The summed E-state index contributed by atoms with van der Waals surface area (Å²) in [7, 11) is 0. The average Bonchev–Trinajstić information content (AvgIpc) is 3.05. The second kappa shape index (κ2) is 7.09. The van der Waals surface area contributed by atoms with Gasteiger partial charge < -0.3 is 5.73 Å². The Morgan fingerprint density at radius 3 is 2.36 bits per heavy atom. The van der Waals surface area contributed by atoms with Crippen LogP contribution in [0.3, 0.4) is 0 Å². The van der Waals surface area contributed by atoms with Crippen LogP contribution in [0.2, 0.25) is 0 Å². The molecule has 1 unspecified atom stereocenters. The van der Waals surface area contributed by atoms with E-state index in [0.29, 0.717) is 0 Å². The molecular weight excluding hydrogens is 310 g/mol. The van der Waals surface area contributed by atoms with Gasteiger partial charge in [0, 0.05) is 18.6 Å². The van der Waals surface area contributed by atoms with Crippen molar-refractivity contribution in [1.82, 2.24) is 9.13 Å². The first-order chi connectivity index (χ1) is 12.2. The number of rotatable bonds is 5. The fourth-order valence-corrected chi connectivity index (χ4v) is 2.87. The van der Waals surface area contributed by atoms with E-state index in [-0.39, 0.29) is 11.7 Å². The highest BCUT2D eigenvalue weighted by Gasteiger charge is 2.12. The topological polar surface area (TPSA) is 52.9 Å². The van der Waals surface area contributed by atoms with Gasteiger partial charge in [-0.2, -0.15) is 0 Å². The summed E-state index contributed by atoms with van der Waals surface area (Å²) >= 11 is 0. The van der Waals surface area contributed by atoms with Crippen LogP contribution in [0, 0.1) is 0 Å². The Morgan fingerprint density at radius 1 is 1.08 bits per heavy atom. The second-order valence-electron chi connectivity index (χ2n) is 5.82. The van der Waals surface area contributed by atoms with Crippen molar-refractivity contribution in [2.75, 3.05) is 0 Å². The average molecular weight is 331 g/mol. The number of benzene rings is 2. The molecule has 25 heavy (non-hydrogen) atoms. The van der Waals surface area contributed by atoms with Gasteiger partial charge in [-0.05, 0) is 35.8 Å². The molecule has 126 valence electrons. The normalized spacial score (nSPS) is 12.8. The smallest absolute Gasteiger partial charge is 0.333 e. The molecule has 0 aliphatic rings. The van der Waals surface area contributed by atoms with Crippen molar-refractivity contribution >= 4 is 5.57 Å². The fourth-order valence-electron chi connectivity index (χ4n) is 2.87. The van der Waals surface area contributed by atoms with E-state index in [4.69, 9.17) is 5.73 Å². The summed E-state index contributed by atoms with van der Waals surface area (Å²) in [6.07, 6.45) is 6.85. The van der Waals surface area contributed by atoms with Gasteiger partial charge in [0.05, 0.1) is 11.7 Å². The Labute approximate surface area is 147 Å². The van der Waals surface area contributed by atoms with Crippen LogP contribution in [0.25, 0.3) is 11.3 Å². The third-order valence-corrected chi connectivity index (χ3v) is 4.38. The molecule has 1 aromatic heterocycles. The molecular formula is C21H21N3O. The summed E-state index contributed by atoms with van der Waals surface area (Å²) in [6.45, 7) is 5.77. The lowest BCUT2D eigenvalue weighted by Crippen LogP contribution is -2.25. The van der Waals surface area contributed by atoms with Crippen LogP contribution in [-0.4, -0.2) is 9.13 Å². The number of hydrogen-bond acceptors (Lipinski definition) is 2. The van der Waals surface area contributed by atoms with Gasteiger partial charge in [-0.1, -0.05) is 55.1 Å². The van der Waals surface area contributed by atoms with Crippen molar-refractivity contribution in [3.8, 4) is 5.69 Å². The maximum Gasteiger partial charge on any atom is 0.333 e. The molecule has 1 atom stereocenters. The van der Waals surface area contributed by atoms with Crippen molar-refractivity contribution < 1.29 is 0 Å². The van der Waals surface area contributed by atoms with E-state index in [1.54, 1.807) is 21.4 Å². The quantitative estimate of drug-likeness (QED) is 0.724. The van der Waals surface area contributed by atoms with Gasteiger partial charge >= 0.3 is 5.69 Å². The van der Waals surface area contributed by atoms with Crippen LogP contribution in [0.5, 0.6) is 0 Å². The zero-order chi connectivity index (χ0) is 17.8. The molecule has 0 amide bonds. The lowest BCUT2D eigenvalue weighted by Gasteiger charge is -2.12. The third-order valence-electron chi connectivity index (χ3n) is 4.38. The molecule has 0 saturated carbocycles. The van der Waals surface area contributed by atoms with Gasteiger partial charge in [0.2, 0.25) is 0 Å². The molecule has 3 aromatic rings. The van der Waals surface area contributed by atoms with Gasteiger partial charge in [-0.25, -0.2) is 4.79 Å². The first kappa shape index (κ1) is 16.6. The van der Waals surface area contributed by atoms with Crippen molar-refractivity contribution in [2.24, 2.45) is 5.73 Å². The van der Waals surface area contributed by atoms with Crippen LogP contribution in [0.1, 0.15) is 24.1 Å². The number of nitrogens with zero attached hydrogens (tertiary/aromatic N) is 2. The van der Waals surface area contributed by atoms with Gasteiger partial charge in [0.25, 0.3) is 0 Å². The minimum atomic E-state index is -0.0672. The number of hydrogen-bond donors (Lipinski definition) is 1. The molecule has 0 aliphatic carbocycles. The van der Waals surface area contributed by atoms with Gasteiger partial charge in [-0.3, -0.25) is 9.13 Å². The van der Waals surface area contributed by atoms with E-state index >= 15 is 0 Å². The Bertz CT molecular complexity index is 947. The van der Waals surface area contributed by atoms with E-state index in [2.05, 4.69) is 6.58 Å². The predicted molar refractivity (Wildman–Crippen MR) is 103 cm³/mol. The Balaban J connectivity index is 1.94. The molecule has 3 rings (SSSR count). The lowest BCUT2D eigenvalue weighted by molar-refractivity contribution is 0.609. The van der Waals surface area contributed by atoms with E-state index < -0.39 is 0 Å². The van der Waals surface area contributed by atoms with Gasteiger partial charge in [-0.15, -0.1) is 0 Å². The maximum atomic E-state index is 12.8. The molecule has 0 radical (unpaired) electrons. The standard InChI is InChI=1S/C21H21N3O/c1-3-17(15-22)19-9-11-20(12-10-19)24-14-13-23(21(24)25)16(2)18-7-5-4-6-8-18/h3-16H,1,22H2,2H3/b17-15+. The van der Waals surface area contributed by atoms with Crippen molar-refractivity contribution in [3.05, 3.63) is 107 Å². The molecule has 0 saturated heterocycles. The number of allylic oxidation sites excluding steroid dienone is 2. The first-order valence-electron chi connectivity index (χ1n) is 8.15. The highest BCUT2D eigenvalue weighted by atomic mass is 16.1. The molecule has 1 heterocycles. The van der Waals surface area contributed by atoms with E-state index in [1.165, 1.54) is 6.20 Å². The lowest BCUT2D eigenvalue weighted by atomic mass is 10.1. The first-order valence-corrected chi connectivity index (χ1v) is 8.15. The monoisotopic (exact) mass is 331 g/mol. The summed E-state index contributed by atoms with van der Waals surface area (Å²) in [6, 6.07) is 17.6. The molecule has 2 N–H and O–H groups in total. The largest absolute Gasteiger partial charge is 0.404 e. The van der Waals surface area contributed by atoms with Crippen LogP contribution in [0.15, 0.2) is 90.6 Å². The highest BCUT2D eigenvalue weighted by molar-refractivity contribution is 5.73. The highest BCUT2D eigenvalue weighted by Crippen LogP contribution is 2.18. The van der Waals surface area contributed by atoms with Crippen LogP contribution >= 0.6 is 0 Å². The molecule has 2 aromatic carbocycles.